The molecule has 130 valence electrons. The van der Waals surface area contributed by atoms with E-state index >= 15 is 0 Å². The van der Waals surface area contributed by atoms with E-state index in [0.717, 1.165) is 5.56 Å². The van der Waals surface area contributed by atoms with Crippen molar-refractivity contribution in [1.29, 1.82) is 0 Å². The van der Waals surface area contributed by atoms with Crippen molar-refractivity contribution >= 4 is 56.5 Å². The standard InChI is InChI=1S/C17H16ClN3O2S2/c1-3-21-16(23)15-13(6-7-24-15)20-17(21)25-9-14(22)19-11-5-4-10(2)12(18)8-11/h4-8H,3,9H2,1-2H3,(H,19,22). The Labute approximate surface area is 158 Å². The van der Waals surface area contributed by atoms with Crippen molar-refractivity contribution in [3.8, 4) is 0 Å². The lowest BCUT2D eigenvalue weighted by Gasteiger charge is -2.10. The number of thiophene rings is 1. The number of aromatic nitrogens is 2. The highest BCUT2D eigenvalue weighted by Crippen LogP contribution is 2.22. The molecule has 2 aromatic heterocycles. The quantitative estimate of drug-likeness (QED) is 0.522. The van der Waals surface area contributed by atoms with Crippen molar-refractivity contribution in [3.05, 3.63) is 50.6 Å². The first kappa shape index (κ1) is 18.0. The Kier molecular flexibility index (Phi) is 5.46. The van der Waals surface area contributed by atoms with E-state index in [0.29, 0.717) is 32.6 Å². The third kappa shape index (κ3) is 3.89. The van der Waals surface area contributed by atoms with E-state index in [-0.39, 0.29) is 17.2 Å². The van der Waals surface area contributed by atoms with Gasteiger partial charge in [0.05, 0.1) is 11.3 Å². The van der Waals surface area contributed by atoms with Gasteiger partial charge in [-0.05, 0) is 43.0 Å². The summed E-state index contributed by atoms with van der Waals surface area (Å²) >= 11 is 8.70. The van der Waals surface area contributed by atoms with Crippen LogP contribution < -0.4 is 10.9 Å². The molecule has 0 aliphatic rings. The van der Waals surface area contributed by atoms with Crippen molar-refractivity contribution < 1.29 is 4.79 Å². The number of benzene rings is 1. The molecule has 5 nitrogen and oxygen atoms in total. The Morgan fingerprint density at radius 1 is 1.40 bits per heavy atom. The number of aryl methyl sites for hydroxylation is 1. The number of carbonyl (C=O) groups is 1. The normalized spacial score (nSPS) is 11.0. The van der Waals surface area contributed by atoms with Crippen LogP contribution >= 0.6 is 34.7 Å². The zero-order chi connectivity index (χ0) is 18.0. The molecule has 1 amide bonds. The molecule has 25 heavy (non-hydrogen) atoms. The summed E-state index contributed by atoms with van der Waals surface area (Å²) in [6.07, 6.45) is 0. The Morgan fingerprint density at radius 3 is 2.92 bits per heavy atom. The SMILES string of the molecule is CCn1c(SCC(=O)Nc2ccc(C)c(Cl)c2)nc2ccsc2c1=O. The van der Waals surface area contributed by atoms with E-state index < -0.39 is 0 Å². The van der Waals surface area contributed by atoms with Gasteiger partial charge in [0.2, 0.25) is 5.91 Å². The smallest absolute Gasteiger partial charge is 0.272 e. The van der Waals surface area contributed by atoms with Gasteiger partial charge in [0.25, 0.3) is 5.56 Å². The minimum atomic E-state index is -0.174. The van der Waals surface area contributed by atoms with Crippen molar-refractivity contribution in [3.63, 3.8) is 0 Å². The number of thioether (sulfide) groups is 1. The topological polar surface area (TPSA) is 64.0 Å². The Balaban J connectivity index is 1.74. The van der Waals surface area contributed by atoms with E-state index in [1.807, 2.05) is 31.4 Å². The molecule has 3 aromatic rings. The fourth-order valence-corrected chi connectivity index (χ4v) is 4.13. The van der Waals surface area contributed by atoms with Gasteiger partial charge in [0.15, 0.2) is 5.16 Å². The number of anilines is 1. The highest BCUT2D eigenvalue weighted by atomic mass is 35.5. The van der Waals surface area contributed by atoms with Crippen molar-refractivity contribution in [1.82, 2.24) is 9.55 Å². The zero-order valence-corrected chi connectivity index (χ0v) is 16.1. The molecular formula is C17H16ClN3O2S2. The average molecular weight is 394 g/mol. The number of amides is 1. The Hall–Kier alpha value is -1.83. The van der Waals surface area contributed by atoms with E-state index in [1.54, 1.807) is 16.7 Å². The molecule has 0 aliphatic heterocycles. The van der Waals surface area contributed by atoms with Crippen LogP contribution in [0.3, 0.4) is 0 Å². The fraction of sp³-hybridized carbons (Fsp3) is 0.235. The molecule has 3 rings (SSSR count). The number of nitrogens with one attached hydrogen (secondary N) is 1. The second-order valence-electron chi connectivity index (χ2n) is 5.38. The summed E-state index contributed by atoms with van der Waals surface area (Å²) in [6.45, 7) is 4.30. The number of nitrogens with zero attached hydrogens (tertiary/aromatic N) is 2. The lowest BCUT2D eigenvalue weighted by Crippen LogP contribution is -2.22. The summed E-state index contributed by atoms with van der Waals surface area (Å²) in [5, 5.41) is 5.81. The Morgan fingerprint density at radius 2 is 2.20 bits per heavy atom. The minimum absolute atomic E-state index is 0.0595. The molecule has 0 bridgehead atoms. The highest BCUT2D eigenvalue weighted by Gasteiger charge is 2.13. The molecule has 0 saturated heterocycles. The minimum Gasteiger partial charge on any atom is -0.325 e. The maximum atomic E-state index is 12.5. The largest absolute Gasteiger partial charge is 0.325 e. The number of hydrogen-bond donors (Lipinski definition) is 1. The lowest BCUT2D eigenvalue weighted by atomic mass is 10.2. The van der Waals surface area contributed by atoms with Crippen molar-refractivity contribution in [2.24, 2.45) is 0 Å². The van der Waals surface area contributed by atoms with Crippen LogP contribution in [0.1, 0.15) is 12.5 Å². The zero-order valence-electron chi connectivity index (χ0n) is 13.7. The molecule has 0 saturated carbocycles. The summed E-state index contributed by atoms with van der Waals surface area (Å²) in [5.41, 5.74) is 2.22. The van der Waals surface area contributed by atoms with Gasteiger partial charge >= 0.3 is 0 Å². The molecule has 8 heteroatoms. The number of rotatable bonds is 5. The third-order valence-corrected chi connectivity index (χ3v) is 5.91. The monoisotopic (exact) mass is 393 g/mol. The molecule has 0 atom stereocenters. The summed E-state index contributed by atoms with van der Waals surface area (Å²) in [4.78, 5) is 29.2. The first-order valence-corrected chi connectivity index (χ1v) is 9.90. The maximum absolute atomic E-state index is 12.5. The van der Waals surface area contributed by atoms with Crippen LogP contribution in [0.15, 0.2) is 39.6 Å². The number of hydrogen-bond acceptors (Lipinski definition) is 5. The fourth-order valence-electron chi connectivity index (χ4n) is 2.31. The molecule has 0 aliphatic carbocycles. The van der Waals surface area contributed by atoms with Crippen molar-refractivity contribution in [2.45, 2.75) is 25.5 Å². The van der Waals surface area contributed by atoms with Gasteiger partial charge < -0.3 is 5.32 Å². The summed E-state index contributed by atoms with van der Waals surface area (Å²) < 4.78 is 2.24. The van der Waals surface area contributed by atoms with Crippen LogP contribution in [-0.2, 0) is 11.3 Å². The molecule has 0 spiro atoms. The molecule has 0 radical (unpaired) electrons. The second kappa shape index (κ2) is 7.59. The summed E-state index contributed by atoms with van der Waals surface area (Å²) in [7, 11) is 0. The van der Waals surface area contributed by atoms with Gasteiger partial charge in [-0.3, -0.25) is 14.2 Å². The first-order valence-electron chi connectivity index (χ1n) is 7.66. The van der Waals surface area contributed by atoms with E-state index in [2.05, 4.69) is 10.3 Å². The van der Waals surface area contributed by atoms with E-state index in [4.69, 9.17) is 11.6 Å². The van der Waals surface area contributed by atoms with Crippen molar-refractivity contribution in [2.75, 3.05) is 11.1 Å². The molecule has 0 unspecified atom stereocenters. The Bertz CT molecular complexity index is 997. The summed E-state index contributed by atoms with van der Waals surface area (Å²) in [6, 6.07) is 7.20. The lowest BCUT2D eigenvalue weighted by molar-refractivity contribution is -0.113. The third-order valence-electron chi connectivity index (χ3n) is 3.64. The van der Waals surface area contributed by atoms with Gasteiger partial charge in [-0.1, -0.05) is 29.4 Å². The molecular weight excluding hydrogens is 378 g/mol. The van der Waals surface area contributed by atoms with Gasteiger partial charge in [-0.2, -0.15) is 0 Å². The van der Waals surface area contributed by atoms with Crippen LogP contribution in [0.4, 0.5) is 5.69 Å². The predicted molar refractivity (Wildman–Crippen MR) is 105 cm³/mol. The molecule has 0 fully saturated rings. The van der Waals surface area contributed by atoms with Gasteiger partial charge in [-0.15, -0.1) is 11.3 Å². The van der Waals surface area contributed by atoms with Gasteiger partial charge in [0.1, 0.15) is 4.70 Å². The van der Waals surface area contributed by atoms with Crippen LogP contribution in [0.25, 0.3) is 10.2 Å². The van der Waals surface area contributed by atoms with Crippen LogP contribution in [0.5, 0.6) is 0 Å². The number of halogens is 1. The number of fused-ring (bicyclic) bond motifs is 1. The van der Waals surface area contributed by atoms with Crippen LogP contribution in [0.2, 0.25) is 5.02 Å². The average Bonchev–Trinajstić information content (AvgIpc) is 3.05. The maximum Gasteiger partial charge on any atom is 0.272 e. The van der Waals surface area contributed by atoms with Crippen LogP contribution in [-0.4, -0.2) is 21.2 Å². The first-order chi connectivity index (χ1) is 12.0. The van der Waals surface area contributed by atoms with Gasteiger partial charge in [-0.25, -0.2) is 4.98 Å². The predicted octanol–water partition coefficient (Wildman–Crippen LogP) is 4.17. The molecule has 1 N–H and O–H groups in total. The van der Waals surface area contributed by atoms with Gasteiger partial charge in [0, 0.05) is 17.3 Å². The molecule has 1 aromatic carbocycles. The molecule has 2 heterocycles. The summed E-state index contributed by atoms with van der Waals surface area (Å²) in [5.74, 6) is -0.0136. The van der Waals surface area contributed by atoms with E-state index in [9.17, 15) is 9.59 Å². The second-order valence-corrected chi connectivity index (χ2v) is 7.65. The number of carbonyl (C=O) groups excluding carboxylic acids is 1. The highest BCUT2D eigenvalue weighted by molar-refractivity contribution is 7.99. The van der Waals surface area contributed by atoms with E-state index in [1.165, 1.54) is 23.1 Å². The van der Waals surface area contributed by atoms with Crippen LogP contribution in [0, 0.1) is 6.92 Å².